The van der Waals surface area contributed by atoms with E-state index in [1.54, 1.807) is 31.4 Å². The van der Waals surface area contributed by atoms with Gasteiger partial charge in [0.25, 0.3) is 11.8 Å². The number of anilines is 1. The van der Waals surface area contributed by atoms with Crippen LogP contribution in [0.4, 0.5) is 5.69 Å². The van der Waals surface area contributed by atoms with Gasteiger partial charge in [0, 0.05) is 78.7 Å². The highest BCUT2D eigenvalue weighted by atomic mass is 35.5. The SMILES string of the molecule is CNC(=O)c1ccc(-c2cccc(CC(=O)N3CCN(C(=O)c4ccc5c(c4)C4(CCC(Nc6cccc(Cl)c6)(C(=O)O)CC4)C(C[C@@H](C)COc4ccnc6c4[C@H](C)CCC6)C5)CC3)c2)cn1. The minimum atomic E-state index is -1.17. The van der Waals surface area contributed by atoms with Crippen LogP contribution in [0.1, 0.15) is 114 Å². The molecule has 1 spiro atoms. The van der Waals surface area contributed by atoms with E-state index in [0.29, 0.717) is 86.4 Å². The Morgan fingerprint density at radius 2 is 1.68 bits per heavy atom. The van der Waals surface area contributed by atoms with Crippen molar-refractivity contribution >= 4 is 41.0 Å². The fourth-order valence-electron chi connectivity index (χ4n) is 11.5. The van der Waals surface area contributed by atoms with Crippen molar-refractivity contribution in [2.75, 3.05) is 45.2 Å². The lowest BCUT2D eigenvalue weighted by Gasteiger charge is -2.47. The van der Waals surface area contributed by atoms with E-state index in [0.717, 1.165) is 65.8 Å². The van der Waals surface area contributed by atoms with E-state index >= 15 is 0 Å². The van der Waals surface area contributed by atoms with Crippen LogP contribution in [0.15, 0.2) is 97.3 Å². The van der Waals surface area contributed by atoms with Crippen molar-refractivity contribution in [3.63, 3.8) is 0 Å². The van der Waals surface area contributed by atoms with Gasteiger partial charge in [-0.15, -0.1) is 0 Å². The predicted molar refractivity (Wildman–Crippen MR) is 263 cm³/mol. The minimum absolute atomic E-state index is 0.00163. The van der Waals surface area contributed by atoms with Crippen molar-refractivity contribution in [1.82, 2.24) is 25.1 Å². The van der Waals surface area contributed by atoms with Crippen LogP contribution in [0.2, 0.25) is 5.02 Å². The van der Waals surface area contributed by atoms with Crippen molar-refractivity contribution in [2.24, 2.45) is 11.8 Å². The number of piperazine rings is 1. The first-order valence-electron chi connectivity index (χ1n) is 24.2. The third-order valence-corrected chi connectivity index (χ3v) is 15.5. The molecule has 3 aromatic carbocycles. The van der Waals surface area contributed by atoms with Crippen LogP contribution in [0.5, 0.6) is 5.75 Å². The summed E-state index contributed by atoms with van der Waals surface area (Å²) in [5.41, 5.74) is 7.56. The van der Waals surface area contributed by atoms with E-state index in [1.807, 2.05) is 70.6 Å². The number of aromatic nitrogens is 2. The van der Waals surface area contributed by atoms with Crippen LogP contribution in [-0.2, 0) is 34.3 Å². The van der Waals surface area contributed by atoms with Gasteiger partial charge in [-0.3, -0.25) is 24.4 Å². The lowest BCUT2D eigenvalue weighted by atomic mass is 9.59. The number of pyridine rings is 2. The van der Waals surface area contributed by atoms with Gasteiger partial charge in [0.1, 0.15) is 17.0 Å². The number of halogens is 1. The quantitative estimate of drug-likeness (QED) is 0.105. The Labute approximate surface area is 403 Å². The Balaban J connectivity index is 0.891. The van der Waals surface area contributed by atoms with E-state index in [2.05, 4.69) is 46.6 Å². The molecule has 1 aliphatic heterocycles. The van der Waals surface area contributed by atoms with Gasteiger partial charge in [0.2, 0.25) is 5.91 Å². The van der Waals surface area contributed by atoms with Crippen LogP contribution in [0, 0.1) is 11.8 Å². The summed E-state index contributed by atoms with van der Waals surface area (Å²) in [5, 5.41) is 17.3. The summed E-state index contributed by atoms with van der Waals surface area (Å²) in [6, 6.07) is 26.8. The maximum Gasteiger partial charge on any atom is 0.329 e. The van der Waals surface area contributed by atoms with Gasteiger partial charge in [0.05, 0.1) is 13.0 Å². The number of ether oxygens (including phenoxy) is 1. The van der Waals surface area contributed by atoms with Crippen molar-refractivity contribution in [1.29, 1.82) is 0 Å². The van der Waals surface area contributed by atoms with Gasteiger partial charge in [-0.25, -0.2) is 4.79 Å². The van der Waals surface area contributed by atoms with Crippen molar-refractivity contribution < 1.29 is 29.0 Å². The summed E-state index contributed by atoms with van der Waals surface area (Å²) >= 11 is 6.34. The van der Waals surface area contributed by atoms with Crippen LogP contribution in [-0.4, -0.2) is 93.9 Å². The van der Waals surface area contributed by atoms with Gasteiger partial charge < -0.3 is 30.3 Å². The van der Waals surface area contributed by atoms with E-state index in [4.69, 9.17) is 16.3 Å². The Hall–Kier alpha value is -6.27. The zero-order valence-corrected chi connectivity index (χ0v) is 40.0. The number of fused-ring (bicyclic) bond motifs is 3. The number of benzene rings is 3. The predicted octanol–water partition coefficient (Wildman–Crippen LogP) is 9.15. The summed E-state index contributed by atoms with van der Waals surface area (Å²) in [6.45, 7) is 6.80. The molecule has 3 aliphatic carbocycles. The smallest absolute Gasteiger partial charge is 0.329 e. The highest BCUT2D eigenvalue weighted by Crippen LogP contribution is 2.56. The fourth-order valence-corrected chi connectivity index (χ4v) is 11.7. The molecule has 3 atom stereocenters. The number of carboxylic acid groups (broad SMARTS) is 1. The molecule has 1 saturated carbocycles. The topological polar surface area (TPSA) is 154 Å². The highest BCUT2D eigenvalue weighted by molar-refractivity contribution is 6.30. The first kappa shape index (κ1) is 46.8. The number of hydrogen-bond acceptors (Lipinski definition) is 8. The molecule has 1 unspecified atom stereocenters. The molecule has 0 bridgehead atoms. The van der Waals surface area contributed by atoms with Gasteiger partial charge in [-0.1, -0.05) is 67.9 Å². The monoisotopic (exact) mass is 936 g/mol. The van der Waals surface area contributed by atoms with E-state index < -0.39 is 11.5 Å². The molecule has 1 saturated heterocycles. The lowest BCUT2D eigenvalue weighted by Crippen LogP contribution is -2.53. The average molecular weight is 938 g/mol. The molecule has 2 fully saturated rings. The molecule has 3 N–H and O–H groups in total. The van der Waals surface area contributed by atoms with Crippen molar-refractivity contribution in [3.8, 4) is 16.9 Å². The molecule has 3 heterocycles. The van der Waals surface area contributed by atoms with E-state index in [1.165, 1.54) is 11.1 Å². The molecule has 13 heteroatoms. The Kier molecular flexibility index (Phi) is 13.6. The molecular weight excluding hydrogens is 876 g/mol. The third kappa shape index (κ3) is 9.57. The van der Waals surface area contributed by atoms with Crippen molar-refractivity contribution in [2.45, 2.75) is 94.9 Å². The molecule has 0 radical (unpaired) electrons. The first-order valence-corrected chi connectivity index (χ1v) is 24.6. The second kappa shape index (κ2) is 19.8. The summed E-state index contributed by atoms with van der Waals surface area (Å²) < 4.78 is 6.62. The second-order valence-electron chi connectivity index (χ2n) is 19.6. The number of aryl methyl sites for hydroxylation is 1. The number of carbonyl (C=O) groups is 4. The molecule has 5 aromatic rings. The molecule has 2 aromatic heterocycles. The molecule has 68 heavy (non-hydrogen) atoms. The molecule has 9 rings (SSSR count). The maximum absolute atomic E-state index is 14.4. The number of carboxylic acids is 1. The Morgan fingerprint density at radius 1 is 0.897 bits per heavy atom. The molecule has 12 nitrogen and oxygen atoms in total. The number of nitrogens with zero attached hydrogens (tertiary/aromatic N) is 4. The van der Waals surface area contributed by atoms with E-state index in [-0.39, 0.29) is 41.4 Å². The second-order valence-corrected chi connectivity index (χ2v) is 20.1. The number of nitrogens with one attached hydrogen (secondary N) is 2. The Morgan fingerprint density at radius 3 is 2.41 bits per heavy atom. The van der Waals surface area contributed by atoms with Gasteiger partial charge in [-0.05, 0) is 146 Å². The van der Waals surface area contributed by atoms with E-state index in [9.17, 15) is 24.3 Å². The molecule has 354 valence electrons. The summed E-state index contributed by atoms with van der Waals surface area (Å²) in [6.07, 6.45) is 10.9. The lowest BCUT2D eigenvalue weighted by molar-refractivity contribution is -0.144. The molecule has 4 aliphatic rings. The summed E-state index contributed by atoms with van der Waals surface area (Å²) in [5.74, 6) is 0.614. The first-order chi connectivity index (χ1) is 32.8. The Bertz CT molecular complexity index is 2690. The van der Waals surface area contributed by atoms with Crippen LogP contribution in [0.25, 0.3) is 11.1 Å². The van der Waals surface area contributed by atoms with Gasteiger partial charge in [-0.2, -0.15) is 0 Å². The average Bonchev–Trinajstić information content (AvgIpc) is 3.64. The zero-order valence-electron chi connectivity index (χ0n) is 39.2. The normalized spacial score (nSPS) is 22.5. The highest BCUT2D eigenvalue weighted by Gasteiger charge is 2.54. The fraction of sp³-hybridized carbons (Fsp3) is 0.418. The third-order valence-electron chi connectivity index (χ3n) is 15.3. The number of hydrogen-bond donors (Lipinski definition) is 3. The molecular formula is C55H61ClN6O6. The maximum atomic E-state index is 14.4. The largest absolute Gasteiger partial charge is 0.493 e. The summed E-state index contributed by atoms with van der Waals surface area (Å²) in [4.78, 5) is 65.8. The standard InChI is InChI=1S/C55H61ClN6O6/c1-35(34-68-48-17-22-58-46-12-4-7-36(2)50(46)48)27-42-30-39-13-14-40(31-45(39)54(42)18-20-55(21-19-54,53(66)67)60-44-11-6-10-43(56)32-44)52(65)62-25-23-61(24-26-62)49(63)29-37-8-5-9-38(28-37)41-15-16-47(59-33-41)51(64)57-3/h5-6,8-11,13-17,22,28,31-33,35-36,42,60H,4,7,12,18-21,23-27,29-30,34H2,1-3H3,(H,57,64)(H,66,67)/t35-,36-,42?,54?,55?/m1/s1. The van der Waals surface area contributed by atoms with Gasteiger partial charge in [0.15, 0.2) is 0 Å². The van der Waals surface area contributed by atoms with Crippen molar-refractivity contribution in [3.05, 3.63) is 142 Å². The van der Waals surface area contributed by atoms with Crippen LogP contribution >= 0.6 is 11.6 Å². The molecule has 3 amide bonds. The number of carbonyl (C=O) groups excluding carboxylic acids is 3. The number of rotatable bonds is 13. The number of amides is 3. The zero-order chi connectivity index (χ0) is 47.6. The van der Waals surface area contributed by atoms with Crippen LogP contribution < -0.4 is 15.4 Å². The number of aliphatic carboxylic acids is 1. The van der Waals surface area contributed by atoms with Crippen LogP contribution in [0.3, 0.4) is 0 Å². The van der Waals surface area contributed by atoms with Gasteiger partial charge >= 0.3 is 5.97 Å². The summed E-state index contributed by atoms with van der Waals surface area (Å²) in [7, 11) is 1.57. The minimum Gasteiger partial charge on any atom is -0.493 e.